The van der Waals surface area contributed by atoms with Crippen LogP contribution in [-0.4, -0.2) is 4.68 Å². The summed E-state index contributed by atoms with van der Waals surface area (Å²) in [5, 5.41) is 2.64. The van der Waals surface area contributed by atoms with Gasteiger partial charge in [0, 0.05) is 17.0 Å². The second-order valence-corrected chi connectivity index (χ2v) is 2.55. The summed E-state index contributed by atoms with van der Waals surface area (Å²) >= 11 is 0. The Balaban J connectivity index is 2.60. The van der Waals surface area contributed by atoms with Gasteiger partial charge in [0.15, 0.2) is 5.82 Å². The summed E-state index contributed by atoms with van der Waals surface area (Å²) in [6, 6.07) is 8.36. The fourth-order valence-corrected chi connectivity index (χ4v) is 1.34. The molecule has 2 heterocycles. The van der Waals surface area contributed by atoms with Gasteiger partial charge in [-0.3, -0.25) is 5.43 Å². The van der Waals surface area contributed by atoms with Crippen LogP contribution in [0.5, 0.6) is 0 Å². The van der Waals surface area contributed by atoms with Crippen LogP contribution in [0.2, 0.25) is 0 Å². The first-order valence-electron chi connectivity index (χ1n) is 3.32. The monoisotopic (exact) mass is 130 g/mol. The first-order chi connectivity index (χ1) is 4.95. The molecule has 0 radical (unpaired) electrons. The summed E-state index contributed by atoms with van der Waals surface area (Å²) in [6.07, 6.45) is 2.10. The molecular formula is C8H6N2. The van der Waals surface area contributed by atoms with E-state index in [0.717, 1.165) is 0 Å². The number of nitrogens with one attached hydrogen (secondary N) is 1. The summed E-state index contributed by atoms with van der Waals surface area (Å²) in [6.45, 7) is 0. The summed E-state index contributed by atoms with van der Waals surface area (Å²) in [4.78, 5) is 0. The highest BCUT2D eigenvalue weighted by Crippen LogP contribution is 2.33. The molecule has 0 aliphatic carbocycles. The maximum atomic E-state index is 3.12. The van der Waals surface area contributed by atoms with Gasteiger partial charge in [-0.25, -0.2) is 4.68 Å². The summed E-state index contributed by atoms with van der Waals surface area (Å²) in [7, 11) is 0. The molecule has 2 nitrogen and oxygen atoms in total. The van der Waals surface area contributed by atoms with E-state index < -0.39 is 0 Å². The average Bonchev–Trinajstić information content (AvgIpc) is 2.64. The Morgan fingerprint density at radius 1 is 1.20 bits per heavy atom. The van der Waals surface area contributed by atoms with Crippen LogP contribution >= 0.6 is 0 Å². The molecule has 0 spiro atoms. The smallest absolute Gasteiger partial charge is 0.152 e. The van der Waals surface area contributed by atoms with Crippen molar-refractivity contribution < 1.29 is 0 Å². The Hall–Kier alpha value is -1.44. The number of benzene rings is 1. The summed E-state index contributed by atoms with van der Waals surface area (Å²) < 4.78 is 2.03. The molecule has 0 atom stereocenters. The van der Waals surface area contributed by atoms with Crippen molar-refractivity contribution in [1.29, 1.82) is 0 Å². The van der Waals surface area contributed by atoms with E-state index >= 15 is 0 Å². The standard InChI is InChI=1S/C8H6N2/c1-2-4-7-6(3-1)5-10-8(7)9-10/h1-5,9H. The molecule has 1 aliphatic heterocycles. The first-order valence-corrected chi connectivity index (χ1v) is 3.32. The minimum absolute atomic E-state index is 1.25. The van der Waals surface area contributed by atoms with Gasteiger partial charge in [0.05, 0.1) is 0 Å². The summed E-state index contributed by atoms with van der Waals surface area (Å²) in [5.41, 5.74) is 3.12. The third-order valence-corrected chi connectivity index (χ3v) is 1.90. The quantitative estimate of drug-likeness (QED) is 0.462. The zero-order valence-corrected chi connectivity index (χ0v) is 5.33. The molecule has 1 aromatic heterocycles. The minimum Gasteiger partial charge on any atom is -0.276 e. The maximum absolute atomic E-state index is 3.12. The van der Waals surface area contributed by atoms with Crippen LogP contribution in [0.4, 0.5) is 5.82 Å². The second kappa shape index (κ2) is 1.19. The van der Waals surface area contributed by atoms with Crippen molar-refractivity contribution in [3.05, 3.63) is 30.5 Å². The van der Waals surface area contributed by atoms with Crippen molar-refractivity contribution in [2.75, 3.05) is 5.43 Å². The lowest BCUT2D eigenvalue weighted by atomic mass is 10.2. The van der Waals surface area contributed by atoms with Gasteiger partial charge in [0.25, 0.3) is 0 Å². The highest BCUT2D eigenvalue weighted by Gasteiger charge is 2.18. The Labute approximate surface area is 58.0 Å². The van der Waals surface area contributed by atoms with Gasteiger partial charge in [-0.15, -0.1) is 0 Å². The fraction of sp³-hybridized carbons (Fsp3) is 0. The molecule has 1 aromatic carbocycles. The zero-order valence-electron chi connectivity index (χ0n) is 5.33. The fourth-order valence-electron chi connectivity index (χ4n) is 1.34. The van der Waals surface area contributed by atoms with E-state index in [1.165, 1.54) is 16.6 Å². The Morgan fingerprint density at radius 2 is 2.10 bits per heavy atom. The van der Waals surface area contributed by atoms with Gasteiger partial charge in [0.2, 0.25) is 0 Å². The highest BCUT2D eigenvalue weighted by molar-refractivity contribution is 5.97. The van der Waals surface area contributed by atoms with Crippen LogP contribution in [0.3, 0.4) is 0 Å². The normalized spacial score (nSPS) is 12.8. The van der Waals surface area contributed by atoms with Crippen LogP contribution in [0.15, 0.2) is 30.5 Å². The number of nitrogens with zero attached hydrogens (tertiary/aromatic N) is 1. The maximum Gasteiger partial charge on any atom is 0.152 e. The van der Waals surface area contributed by atoms with Gasteiger partial charge in [-0.05, 0) is 0 Å². The first kappa shape index (κ1) is 4.39. The molecule has 0 amide bonds. The lowest BCUT2D eigenvalue weighted by molar-refractivity contribution is 1.25. The van der Waals surface area contributed by atoms with E-state index in [4.69, 9.17) is 0 Å². The van der Waals surface area contributed by atoms with E-state index in [-0.39, 0.29) is 0 Å². The number of anilines is 1. The van der Waals surface area contributed by atoms with Crippen molar-refractivity contribution in [1.82, 2.24) is 4.68 Å². The number of hydrogen-bond acceptors (Lipinski definition) is 1. The van der Waals surface area contributed by atoms with Crippen molar-refractivity contribution in [3.8, 4) is 0 Å². The van der Waals surface area contributed by atoms with Crippen LogP contribution in [-0.2, 0) is 0 Å². The van der Waals surface area contributed by atoms with Crippen molar-refractivity contribution >= 4 is 16.6 Å². The van der Waals surface area contributed by atoms with E-state index in [2.05, 4.69) is 35.9 Å². The molecule has 2 aromatic rings. The van der Waals surface area contributed by atoms with E-state index in [1.54, 1.807) is 0 Å². The van der Waals surface area contributed by atoms with Gasteiger partial charge in [-0.1, -0.05) is 24.3 Å². The number of hydrogen-bond donors (Lipinski definition) is 1. The molecule has 3 rings (SSSR count). The van der Waals surface area contributed by atoms with E-state index in [0.29, 0.717) is 0 Å². The molecule has 0 unspecified atom stereocenters. The van der Waals surface area contributed by atoms with Gasteiger partial charge < -0.3 is 0 Å². The van der Waals surface area contributed by atoms with Gasteiger partial charge in [0.1, 0.15) is 0 Å². The predicted molar refractivity (Wildman–Crippen MR) is 41.0 cm³/mol. The minimum atomic E-state index is 1.25. The molecule has 0 saturated heterocycles. The zero-order chi connectivity index (χ0) is 6.55. The third kappa shape index (κ3) is 0.365. The van der Waals surface area contributed by atoms with Crippen molar-refractivity contribution in [3.63, 3.8) is 0 Å². The van der Waals surface area contributed by atoms with Crippen LogP contribution in [0.1, 0.15) is 0 Å². The molecule has 48 valence electrons. The van der Waals surface area contributed by atoms with E-state index in [1.807, 2.05) is 4.68 Å². The Bertz CT molecular complexity index is 401. The third-order valence-electron chi connectivity index (χ3n) is 1.90. The van der Waals surface area contributed by atoms with Gasteiger partial charge in [-0.2, -0.15) is 0 Å². The van der Waals surface area contributed by atoms with Gasteiger partial charge >= 0.3 is 0 Å². The van der Waals surface area contributed by atoms with Crippen LogP contribution in [0, 0.1) is 0 Å². The Morgan fingerprint density at radius 3 is 3.00 bits per heavy atom. The lowest BCUT2D eigenvalue weighted by Crippen LogP contribution is -1.74. The number of fused-ring (bicyclic) bond motifs is 3. The molecule has 0 saturated carbocycles. The molecule has 0 bridgehead atoms. The topological polar surface area (TPSA) is 26.9 Å². The highest BCUT2D eigenvalue weighted by atomic mass is 15.6. The summed E-state index contributed by atoms with van der Waals surface area (Å²) in [5.74, 6) is 1.25. The van der Waals surface area contributed by atoms with Crippen molar-refractivity contribution in [2.45, 2.75) is 0 Å². The molecule has 1 aliphatic rings. The molecule has 2 heteroatoms. The van der Waals surface area contributed by atoms with Crippen LogP contribution in [0.25, 0.3) is 10.8 Å². The largest absolute Gasteiger partial charge is 0.276 e. The number of rotatable bonds is 0. The molecule has 1 N–H and O–H groups in total. The Kier molecular flexibility index (Phi) is 0.520. The second-order valence-electron chi connectivity index (χ2n) is 2.55. The van der Waals surface area contributed by atoms with Crippen molar-refractivity contribution in [2.24, 2.45) is 0 Å². The lowest BCUT2D eigenvalue weighted by Gasteiger charge is -1.86. The van der Waals surface area contributed by atoms with E-state index in [9.17, 15) is 0 Å². The molecule has 10 heavy (non-hydrogen) atoms. The SMILES string of the molecule is c1ccc2c3n(cc2c1)N3. The average molecular weight is 130 g/mol. The number of aromatic nitrogens is 1. The molecule has 0 fully saturated rings. The van der Waals surface area contributed by atoms with Crippen LogP contribution < -0.4 is 5.43 Å². The molecular weight excluding hydrogens is 124 g/mol. The predicted octanol–water partition coefficient (Wildman–Crippen LogP) is 1.83.